The van der Waals surface area contributed by atoms with Crippen molar-refractivity contribution in [3.8, 4) is 0 Å². The number of benzene rings is 2. The summed E-state index contributed by atoms with van der Waals surface area (Å²) in [5.74, 6) is -0.968. The van der Waals surface area contributed by atoms with Gasteiger partial charge in [-0.1, -0.05) is 18.2 Å². The number of hydrogen-bond acceptors (Lipinski definition) is 2. The number of halogens is 3. The van der Waals surface area contributed by atoms with E-state index in [-0.39, 0.29) is 5.91 Å². The van der Waals surface area contributed by atoms with Crippen LogP contribution in [0.2, 0.25) is 0 Å². The van der Waals surface area contributed by atoms with E-state index in [0.717, 1.165) is 17.7 Å². The van der Waals surface area contributed by atoms with Gasteiger partial charge in [0.1, 0.15) is 0 Å². The van der Waals surface area contributed by atoms with Crippen LogP contribution in [-0.2, 0) is 17.4 Å². The van der Waals surface area contributed by atoms with E-state index in [9.17, 15) is 22.8 Å². The fourth-order valence-electron chi connectivity index (χ4n) is 2.91. The number of anilines is 2. The first-order valence-corrected chi connectivity index (χ1v) is 7.66. The zero-order valence-electron chi connectivity index (χ0n) is 13.4. The number of hydrogen-bond donors (Lipinski definition) is 1. The minimum Gasteiger partial charge on any atom is -0.322 e. The Kier molecular flexibility index (Phi) is 4.24. The Balaban J connectivity index is 1.88. The van der Waals surface area contributed by atoms with E-state index in [2.05, 4.69) is 5.32 Å². The average Bonchev–Trinajstić information content (AvgIpc) is 2.97. The molecule has 0 fully saturated rings. The first kappa shape index (κ1) is 17.0. The van der Waals surface area contributed by atoms with Crippen molar-refractivity contribution in [2.75, 3.05) is 16.8 Å². The smallest absolute Gasteiger partial charge is 0.322 e. The largest absolute Gasteiger partial charge is 0.417 e. The van der Waals surface area contributed by atoms with Crippen LogP contribution in [-0.4, -0.2) is 18.4 Å². The number of nitrogens with one attached hydrogen (secondary N) is 1. The monoisotopic (exact) mass is 348 g/mol. The van der Waals surface area contributed by atoms with Crippen LogP contribution in [0.5, 0.6) is 0 Å². The van der Waals surface area contributed by atoms with Crippen LogP contribution < -0.4 is 10.2 Å². The van der Waals surface area contributed by atoms with Gasteiger partial charge in [-0.05, 0) is 36.2 Å². The van der Waals surface area contributed by atoms with Crippen LogP contribution in [0.3, 0.4) is 0 Å². The van der Waals surface area contributed by atoms with E-state index < -0.39 is 23.2 Å². The third kappa shape index (κ3) is 3.35. The maximum absolute atomic E-state index is 13.0. The molecule has 0 radical (unpaired) electrons. The molecule has 130 valence electrons. The van der Waals surface area contributed by atoms with E-state index in [4.69, 9.17) is 0 Å². The first-order chi connectivity index (χ1) is 11.8. The molecule has 4 nitrogen and oxygen atoms in total. The summed E-state index contributed by atoms with van der Waals surface area (Å²) < 4.78 is 39.1. The molecule has 2 amide bonds. The Morgan fingerprint density at radius 3 is 2.52 bits per heavy atom. The van der Waals surface area contributed by atoms with Crippen molar-refractivity contribution >= 4 is 23.2 Å². The summed E-state index contributed by atoms with van der Waals surface area (Å²) in [6.45, 7) is 2.00. The quantitative estimate of drug-likeness (QED) is 0.896. The van der Waals surface area contributed by atoms with Gasteiger partial charge >= 0.3 is 6.18 Å². The highest BCUT2D eigenvalue weighted by molar-refractivity contribution is 6.06. The summed E-state index contributed by atoms with van der Waals surface area (Å²) in [6.07, 6.45) is -3.91. The number of carbonyl (C=O) groups excluding carboxylic acids is 2. The molecule has 1 aliphatic rings. The number of amides is 2. The molecule has 7 heteroatoms. The first-order valence-electron chi connectivity index (χ1n) is 7.66. The molecular weight excluding hydrogens is 333 g/mol. The van der Waals surface area contributed by atoms with Crippen LogP contribution in [0, 0.1) is 0 Å². The van der Waals surface area contributed by atoms with Crippen molar-refractivity contribution in [1.29, 1.82) is 0 Å². The van der Waals surface area contributed by atoms with Crippen molar-refractivity contribution < 1.29 is 22.8 Å². The lowest BCUT2D eigenvalue weighted by Crippen LogP contribution is -2.25. The zero-order valence-corrected chi connectivity index (χ0v) is 13.4. The molecule has 2 aromatic rings. The SMILES string of the molecule is CC(=O)N1CCc2ccc(NC(=O)c3ccccc3C(F)(F)F)cc21. The number of nitrogens with zero attached hydrogens (tertiary/aromatic N) is 1. The Bertz CT molecular complexity index is 846. The van der Waals surface area contributed by atoms with Gasteiger partial charge in [0, 0.05) is 24.8 Å². The van der Waals surface area contributed by atoms with Gasteiger partial charge in [-0.25, -0.2) is 0 Å². The van der Waals surface area contributed by atoms with Crippen LogP contribution in [0.25, 0.3) is 0 Å². The highest BCUT2D eigenvalue weighted by atomic mass is 19.4. The van der Waals surface area contributed by atoms with Gasteiger partial charge in [0.15, 0.2) is 0 Å². The van der Waals surface area contributed by atoms with Crippen LogP contribution in [0.1, 0.15) is 28.4 Å². The molecular formula is C18H15F3N2O2. The van der Waals surface area contributed by atoms with Gasteiger partial charge in [-0.15, -0.1) is 0 Å². The van der Waals surface area contributed by atoms with Gasteiger partial charge in [-0.2, -0.15) is 13.2 Å². The van der Waals surface area contributed by atoms with Crippen molar-refractivity contribution in [2.45, 2.75) is 19.5 Å². The van der Waals surface area contributed by atoms with Crippen LogP contribution in [0.15, 0.2) is 42.5 Å². The minimum absolute atomic E-state index is 0.121. The maximum Gasteiger partial charge on any atom is 0.417 e. The minimum atomic E-state index is -4.61. The highest BCUT2D eigenvalue weighted by Gasteiger charge is 2.35. The van der Waals surface area contributed by atoms with Crippen LogP contribution in [0.4, 0.5) is 24.5 Å². The van der Waals surface area contributed by atoms with E-state index >= 15 is 0 Å². The molecule has 2 aromatic carbocycles. The van der Waals surface area contributed by atoms with E-state index in [1.165, 1.54) is 19.1 Å². The molecule has 25 heavy (non-hydrogen) atoms. The molecule has 1 aliphatic heterocycles. The summed E-state index contributed by atoms with van der Waals surface area (Å²) in [5.41, 5.74) is 0.546. The zero-order chi connectivity index (χ0) is 18.2. The Morgan fingerprint density at radius 1 is 1.12 bits per heavy atom. The molecule has 1 heterocycles. The fourth-order valence-corrected chi connectivity index (χ4v) is 2.91. The second-order valence-electron chi connectivity index (χ2n) is 5.76. The summed E-state index contributed by atoms with van der Waals surface area (Å²) in [7, 11) is 0. The molecule has 0 atom stereocenters. The lowest BCUT2D eigenvalue weighted by molar-refractivity contribution is -0.137. The lowest BCUT2D eigenvalue weighted by Gasteiger charge is -2.16. The molecule has 3 rings (SSSR count). The van der Waals surface area contributed by atoms with Crippen molar-refractivity contribution in [3.63, 3.8) is 0 Å². The number of carbonyl (C=O) groups is 2. The second kappa shape index (κ2) is 6.23. The predicted octanol–water partition coefficient (Wildman–Crippen LogP) is 3.87. The van der Waals surface area contributed by atoms with Gasteiger partial charge < -0.3 is 10.2 Å². The van der Waals surface area contributed by atoms with Crippen molar-refractivity contribution in [1.82, 2.24) is 0 Å². The topological polar surface area (TPSA) is 49.4 Å². The molecule has 0 unspecified atom stereocenters. The second-order valence-corrected chi connectivity index (χ2v) is 5.76. The molecule has 0 spiro atoms. The molecule has 0 bridgehead atoms. The predicted molar refractivity (Wildman–Crippen MR) is 87.6 cm³/mol. The summed E-state index contributed by atoms with van der Waals surface area (Å²) >= 11 is 0. The van der Waals surface area contributed by atoms with E-state index in [0.29, 0.717) is 24.3 Å². The maximum atomic E-state index is 13.0. The van der Waals surface area contributed by atoms with Crippen molar-refractivity contribution in [3.05, 3.63) is 59.2 Å². The van der Waals surface area contributed by atoms with Gasteiger partial charge in [0.25, 0.3) is 5.91 Å². The highest BCUT2D eigenvalue weighted by Crippen LogP contribution is 2.33. The van der Waals surface area contributed by atoms with E-state index in [1.807, 2.05) is 0 Å². The fraction of sp³-hybridized carbons (Fsp3) is 0.222. The lowest BCUT2D eigenvalue weighted by atomic mass is 10.1. The summed E-state index contributed by atoms with van der Waals surface area (Å²) in [5, 5.41) is 2.48. The molecule has 0 saturated heterocycles. The van der Waals surface area contributed by atoms with Crippen molar-refractivity contribution in [2.24, 2.45) is 0 Å². The molecule has 1 N–H and O–H groups in total. The normalized spacial score (nSPS) is 13.5. The molecule has 0 saturated carbocycles. The Labute approximate surface area is 142 Å². The summed E-state index contributed by atoms with van der Waals surface area (Å²) in [4.78, 5) is 25.5. The Hall–Kier alpha value is -2.83. The van der Waals surface area contributed by atoms with Gasteiger partial charge in [0.2, 0.25) is 5.91 Å². The standard InChI is InChI=1S/C18H15F3N2O2/c1-11(24)23-9-8-12-6-7-13(10-16(12)23)22-17(25)14-4-2-3-5-15(14)18(19,20)21/h2-7,10H,8-9H2,1H3,(H,22,25). The number of alkyl halides is 3. The van der Waals surface area contributed by atoms with Gasteiger partial charge in [-0.3, -0.25) is 9.59 Å². The molecule has 0 aromatic heterocycles. The summed E-state index contributed by atoms with van der Waals surface area (Å²) in [6, 6.07) is 9.62. The number of fused-ring (bicyclic) bond motifs is 1. The Morgan fingerprint density at radius 2 is 1.84 bits per heavy atom. The average molecular weight is 348 g/mol. The van der Waals surface area contributed by atoms with Gasteiger partial charge in [0.05, 0.1) is 11.1 Å². The third-order valence-electron chi connectivity index (χ3n) is 4.10. The molecule has 0 aliphatic carbocycles. The number of rotatable bonds is 2. The van der Waals surface area contributed by atoms with E-state index in [1.54, 1.807) is 23.1 Å². The third-order valence-corrected chi connectivity index (χ3v) is 4.10. The van der Waals surface area contributed by atoms with Crippen LogP contribution >= 0.6 is 0 Å².